The molecule has 0 saturated heterocycles. The van der Waals surface area contributed by atoms with Crippen LogP contribution in [-0.2, 0) is 19.7 Å². The summed E-state index contributed by atoms with van der Waals surface area (Å²) in [5, 5.41) is 2.34. The fourth-order valence-electron chi connectivity index (χ4n) is 1.37. The van der Waals surface area contributed by atoms with E-state index in [2.05, 4.69) is 5.32 Å². The van der Waals surface area contributed by atoms with Crippen molar-refractivity contribution in [1.29, 1.82) is 0 Å². The Morgan fingerprint density at radius 3 is 2.47 bits per heavy atom. The Labute approximate surface area is 110 Å². The summed E-state index contributed by atoms with van der Waals surface area (Å²) in [6.45, 7) is 1.26. The summed E-state index contributed by atoms with van der Waals surface area (Å²) in [6.07, 6.45) is -0.334. The number of ketones is 1. The van der Waals surface area contributed by atoms with E-state index in [1.165, 1.54) is 20.1 Å². The normalized spacial score (nSPS) is 10.9. The van der Waals surface area contributed by atoms with Gasteiger partial charge in [-0.3, -0.25) is 14.1 Å². The molecule has 0 bridgehead atoms. The number of rotatable bonds is 5. The van der Waals surface area contributed by atoms with Crippen molar-refractivity contribution in [3.8, 4) is 5.75 Å². The van der Waals surface area contributed by atoms with Gasteiger partial charge in [0.05, 0.1) is 24.1 Å². The predicted molar refractivity (Wildman–Crippen MR) is 66.7 cm³/mol. The molecule has 0 aromatic heterocycles. The van der Waals surface area contributed by atoms with Gasteiger partial charge in [0.1, 0.15) is 11.5 Å². The van der Waals surface area contributed by atoms with Crippen LogP contribution >= 0.6 is 0 Å². The van der Waals surface area contributed by atoms with Crippen molar-refractivity contribution in [2.75, 3.05) is 12.4 Å². The number of hydrogen-bond acceptors (Lipinski definition) is 5. The largest absolute Gasteiger partial charge is 0.495 e. The number of carbonyl (C=O) groups excluding carboxylic acids is 2. The summed E-state index contributed by atoms with van der Waals surface area (Å²) in [6, 6.07) is 3.47. The lowest BCUT2D eigenvalue weighted by molar-refractivity contribution is -0.124. The number of methoxy groups -OCH3 is 1. The minimum Gasteiger partial charge on any atom is -0.495 e. The van der Waals surface area contributed by atoms with Crippen molar-refractivity contribution in [3.63, 3.8) is 0 Å². The SMILES string of the molecule is COc1ccc(S(=O)(=O)O)cc1NC(=O)CC(C)=O. The first-order valence-corrected chi connectivity index (χ1v) is 6.63. The molecule has 19 heavy (non-hydrogen) atoms. The molecule has 0 unspecified atom stereocenters. The Morgan fingerprint density at radius 2 is 2.00 bits per heavy atom. The second-order valence-corrected chi connectivity index (χ2v) is 5.19. The molecule has 0 heterocycles. The maximum absolute atomic E-state index is 11.5. The average molecular weight is 287 g/mol. The van der Waals surface area contributed by atoms with Crippen LogP contribution in [0.4, 0.5) is 5.69 Å². The van der Waals surface area contributed by atoms with Crippen molar-refractivity contribution in [2.45, 2.75) is 18.2 Å². The molecule has 0 fully saturated rings. The number of hydrogen-bond donors (Lipinski definition) is 2. The molecule has 1 amide bonds. The van der Waals surface area contributed by atoms with E-state index in [-0.39, 0.29) is 28.5 Å². The van der Waals surface area contributed by atoms with Gasteiger partial charge in [0.25, 0.3) is 10.1 Å². The third-order valence-electron chi connectivity index (χ3n) is 2.15. The van der Waals surface area contributed by atoms with E-state index in [0.717, 1.165) is 12.1 Å². The van der Waals surface area contributed by atoms with Crippen LogP contribution in [0.2, 0.25) is 0 Å². The summed E-state index contributed by atoms with van der Waals surface area (Å²) in [5.41, 5.74) is 0.0591. The fourth-order valence-corrected chi connectivity index (χ4v) is 1.87. The van der Waals surface area contributed by atoms with Gasteiger partial charge < -0.3 is 10.1 Å². The Kier molecular flexibility index (Phi) is 4.62. The molecule has 8 heteroatoms. The number of benzene rings is 1. The molecular weight excluding hydrogens is 274 g/mol. The number of amides is 1. The van der Waals surface area contributed by atoms with Crippen LogP contribution in [0.5, 0.6) is 5.75 Å². The molecule has 0 saturated carbocycles. The Balaban J connectivity index is 3.10. The Morgan fingerprint density at radius 1 is 1.37 bits per heavy atom. The number of nitrogens with one attached hydrogen (secondary N) is 1. The van der Waals surface area contributed by atoms with Crippen LogP contribution in [0, 0.1) is 0 Å². The lowest BCUT2D eigenvalue weighted by Crippen LogP contribution is -2.15. The van der Waals surface area contributed by atoms with Crippen molar-refractivity contribution in [3.05, 3.63) is 18.2 Å². The van der Waals surface area contributed by atoms with E-state index >= 15 is 0 Å². The predicted octanol–water partition coefficient (Wildman–Crippen LogP) is 0.859. The average Bonchev–Trinajstić information content (AvgIpc) is 2.26. The summed E-state index contributed by atoms with van der Waals surface area (Å²) in [5.74, 6) is -0.718. The van der Waals surface area contributed by atoms with Crippen LogP contribution in [0.25, 0.3) is 0 Å². The van der Waals surface area contributed by atoms with E-state index in [1.807, 2.05) is 0 Å². The number of ether oxygens (including phenoxy) is 1. The molecule has 0 radical (unpaired) electrons. The van der Waals surface area contributed by atoms with Gasteiger partial charge in [0.15, 0.2) is 0 Å². The van der Waals surface area contributed by atoms with Crippen molar-refractivity contribution >= 4 is 27.5 Å². The molecule has 1 aromatic carbocycles. The second-order valence-electron chi connectivity index (χ2n) is 3.76. The highest BCUT2D eigenvalue weighted by atomic mass is 32.2. The highest BCUT2D eigenvalue weighted by Gasteiger charge is 2.15. The highest BCUT2D eigenvalue weighted by Crippen LogP contribution is 2.27. The maximum Gasteiger partial charge on any atom is 0.294 e. The van der Waals surface area contributed by atoms with E-state index in [0.29, 0.717) is 0 Å². The standard InChI is InChI=1S/C11H13NO6S/c1-7(13)5-11(14)12-9-6-8(19(15,16)17)3-4-10(9)18-2/h3-4,6H,5H2,1-2H3,(H,12,14)(H,15,16,17). The third-order valence-corrected chi connectivity index (χ3v) is 3.00. The van der Waals surface area contributed by atoms with Gasteiger partial charge in [-0.05, 0) is 25.1 Å². The first kappa shape index (κ1) is 15.1. The summed E-state index contributed by atoms with van der Waals surface area (Å²) in [7, 11) is -3.05. The number of Topliss-reactive ketones (excluding diaryl/α,β-unsaturated/α-hetero) is 1. The third kappa shape index (κ3) is 4.34. The van der Waals surface area contributed by atoms with E-state index in [4.69, 9.17) is 9.29 Å². The van der Waals surface area contributed by atoms with Gasteiger partial charge in [-0.15, -0.1) is 0 Å². The van der Waals surface area contributed by atoms with E-state index < -0.39 is 16.0 Å². The summed E-state index contributed by atoms with van der Waals surface area (Å²) in [4.78, 5) is 21.9. The van der Waals surface area contributed by atoms with Crippen molar-refractivity contribution in [2.24, 2.45) is 0 Å². The molecule has 0 aliphatic rings. The second kappa shape index (κ2) is 5.81. The van der Waals surface area contributed by atoms with Gasteiger partial charge >= 0.3 is 0 Å². The van der Waals surface area contributed by atoms with Gasteiger partial charge in [0.2, 0.25) is 5.91 Å². The van der Waals surface area contributed by atoms with Crippen LogP contribution in [0.3, 0.4) is 0 Å². The molecule has 2 N–H and O–H groups in total. The minimum atomic E-state index is -4.38. The topological polar surface area (TPSA) is 110 Å². The van der Waals surface area contributed by atoms with Gasteiger partial charge in [-0.1, -0.05) is 0 Å². The molecule has 0 atom stereocenters. The molecule has 0 aliphatic carbocycles. The maximum atomic E-state index is 11.5. The van der Waals surface area contributed by atoms with Crippen LogP contribution in [-0.4, -0.2) is 31.8 Å². The van der Waals surface area contributed by atoms with Crippen LogP contribution in [0.15, 0.2) is 23.1 Å². The quantitative estimate of drug-likeness (QED) is 0.614. The highest BCUT2D eigenvalue weighted by molar-refractivity contribution is 7.85. The molecule has 104 valence electrons. The van der Waals surface area contributed by atoms with Gasteiger partial charge in [-0.2, -0.15) is 8.42 Å². The summed E-state index contributed by atoms with van der Waals surface area (Å²) >= 11 is 0. The zero-order chi connectivity index (χ0) is 14.6. The molecular formula is C11H13NO6S. The minimum absolute atomic E-state index is 0.0591. The number of carbonyl (C=O) groups is 2. The zero-order valence-electron chi connectivity index (χ0n) is 10.3. The number of anilines is 1. The molecule has 0 aliphatic heterocycles. The van der Waals surface area contributed by atoms with Crippen molar-refractivity contribution < 1.29 is 27.3 Å². The van der Waals surface area contributed by atoms with Gasteiger partial charge in [0, 0.05) is 0 Å². The molecule has 7 nitrogen and oxygen atoms in total. The Bertz CT molecular complexity index is 608. The summed E-state index contributed by atoms with van der Waals surface area (Å²) < 4.78 is 35.9. The smallest absolute Gasteiger partial charge is 0.294 e. The first-order chi connectivity index (χ1) is 8.74. The first-order valence-electron chi connectivity index (χ1n) is 5.19. The van der Waals surface area contributed by atoms with Crippen LogP contribution < -0.4 is 10.1 Å². The lowest BCUT2D eigenvalue weighted by Gasteiger charge is -2.10. The molecule has 1 rings (SSSR count). The van der Waals surface area contributed by atoms with Crippen LogP contribution in [0.1, 0.15) is 13.3 Å². The van der Waals surface area contributed by atoms with E-state index in [9.17, 15) is 18.0 Å². The molecule has 0 spiro atoms. The van der Waals surface area contributed by atoms with E-state index in [1.54, 1.807) is 0 Å². The molecule has 1 aromatic rings. The Hall–Kier alpha value is -1.93. The van der Waals surface area contributed by atoms with Gasteiger partial charge in [-0.25, -0.2) is 0 Å². The monoisotopic (exact) mass is 287 g/mol. The fraction of sp³-hybridized carbons (Fsp3) is 0.273. The van der Waals surface area contributed by atoms with Crippen molar-refractivity contribution in [1.82, 2.24) is 0 Å². The lowest BCUT2D eigenvalue weighted by atomic mass is 10.2. The zero-order valence-corrected chi connectivity index (χ0v) is 11.2.